The number of esters is 3. The summed E-state index contributed by atoms with van der Waals surface area (Å²) in [5.74, 6) is 0.822. The van der Waals surface area contributed by atoms with Crippen LogP contribution in [-0.2, 0) is 28.6 Å². The first-order chi connectivity index (χ1) is 28.7. The van der Waals surface area contributed by atoms with Gasteiger partial charge in [-0.15, -0.1) is 0 Å². The molecule has 0 aromatic rings. The third-order valence-electron chi connectivity index (χ3n) is 12.0. The van der Waals surface area contributed by atoms with E-state index in [0.29, 0.717) is 19.3 Å². The van der Waals surface area contributed by atoms with Gasteiger partial charge in [0.1, 0.15) is 13.2 Å². The van der Waals surface area contributed by atoms with Crippen molar-refractivity contribution < 1.29 is 28.6 Å². The van der Waals surface area contributed by atoms with Crippen molar-refractivity contribution in [2.24, 2.45) is 11.8 Å². The monoisotopic (exact) mass is 835 g/mol. The van der Waals surface area contributed by atoms with Gasteiger partial charge in [-0.1, -0.05) is 253 Å². The smallest absolute Gasteiger partial charge is 0.306 e. The summed E-state index contributed by atoms with van der Waals surface area (Å²) in [4.78, 5) is 37.9. The maximum Gasteiger partial charge on any atom is 0.306 e. The molecule has 0 spiro atoms. The Hall–Kier alpha value is -1.59. The molecule has 0 unspecified atom stereocenters. The molecule has 0 aliphatic heterocycles. The van der Waals surface area contributed by atoms with Crippen LogP contribution in [0.1, 0.15) is 291 Å². The van der Waals surface area contributed by atoms with Crippen molar-refractivity contribution in [1.82, 2.24) is 0 Å². The summed E-state index contributed by atoms with van der Waals surface area (Å²) < 4.78 is 16.8. The van der Waals surface area contributed by atoms with E-state index >= 15 is 0 Å². The summed E-state index contributed by atoms with van der Waals surface area (Å²) in [6.07, 6.45) is 46.6. The topological polar surface area (TPSA) is 78.9 Å². The molecule has 0 rings (SSSR count). The number of hydrogen-bond acceptors (Lipinski definition) is 6. The van der Waals surface area contributed by atoms with Crippen molar-refractivity contribution in [3.8, 4) is 0 Å². The zero-order valence-corrected chi connectivity index (χ0v) is 40.4. The van der Waals surface area contributed by atoms with Gasteiger partial charge < -0.3 is 14.2 Å². The maximum absolute atomic E-state index is 12.8. The number of carbonyl (C=O) groups excluding carboxylic acids is 3. The van der Waals surface area contributed by atoms with Crippen molar-refractivity contribution in [2.75, 3.05) is 13.2 Å². The minimum atomic E-state index is -0.761. The molecule has 0 fully saturated rings. The fraction of sp³-hybridized carbons (Fsp3) is 0.943. The molecular weight excluding hydrogens is 733 g/mol. The van der Waals surface area contributed by atoms with Crippen LogP contribution in [0.25, 0.3) is 0 Å². The highest BCUT2D eigenvalue weighted by molar-refractivity contribution is 5.71. The quantitative estimate of drug-likeness (QED) is 0.0345. The van der Waals surface area contributed by atoms with E-state index in [4.69, 9.17) is 14.2 Å². The molecule has 1 atom stereocenters. The van der Waals surface area contributed by atoms with E-state index in [9.17, 15) is 14.4 Å². The number of ether oxygens (including phenoxy) is 3. The minimum absolute atomic E-state index is 0.0636. The molecular formula is C53H102O6. The first kappa shape index (κ1) is 57.4. The van der Waals surface area contributed by atoms with Crippen LogP contribution in [0, 0.1) is 11.8 Å². The molecule has 0 aromatic carbocycles. The number of hydrogen-bond donors (Lipinski definition) is 0. The number of carbonyl (C=O) groups is 3. The summed E-state index contributed by atoms with van der Waals surface area (Å²) in [5, 5.41) is 0. The van der Waals surface area contributed by atoms with Crippen LogP contribution in [0.4, 0.5) is 0 Å². The Morgan fingerprint density at radius 3 is 0.831 bits per heavy atom. The van der Waals surface area contributed by atoms with Crippen molar-refractivity contribution in [3.05, 3.63) is 0 Å². The Balaban J connectivity index is 4.28. The van der Waals surface area contributed by atoms with E-state index in [1.54, 1.807) is 0 Å². The first-order valence-corrected chi connectivity index (χ1v) is 26.2. The van der Waals surface area contributed by atoms with Crippen LogP contribution in [0.3, 0.4) is 0 Å². The lowest BCUT2D eigenvalue weighted by Gasteiger charge is -2.18. The second-order valence-corrected chi connectivity index (χ2v) is 19.1. The Labute approximate surface area is 368 Å². The molecule has 0 aliphatic rings. The Bertz CT molecular complexity index is 900. The standard InChI is InChI=1S/C53H102O6/c1-6-7-8-9-10-11-23-28-33-38-43-51(54)57-46-50(47-58-52(55)44-39-34-29-24-20-16-18-22-27-32-37-42-49(4)5)59-53(56)45-40-35-30-25-19-15-13-12-14-17-21-26-31-36-41-48(2)3/h48-50H,6-47H2,1-5H3/t50-/m0/s1. The molecule has 0 bridgehead atoms. The SMILES string of the molecule is CCCCCCCCCCCCC(=O)OC[C@@H](COC(=O)CCCCCCCCCCCCCC(C)C)OC(=O)CCCCCCCCCCCCCCCCC(C)C. The van der Waals surface area contributed by atoms with Gasteiger partial charge in [0.05, 0.1) is 0 Å². The molecule has 0 N–H and O–H groups in total. The Morgan fingerprint density at radius 1 is 0.322 bits per heavy atom. The van der Waals surface area contributed by atoms with E-state index in [1.165, 1.54) is 180 Å². The molecule has 0 aliphatic carbocycles. The second kappa shape index (κ2) is 45.9. The van der Waals surface area contributed by atoms with E-state index in [1.807, 2.05) is 0 Å². The van der Waals surface area contributed by atoms with Crippen LogP contribution in [0.2, 0.25) is 0 Å². The van der Waals surface area contributed by atoms with Gasteiger partial charge in [0, 0.05) is 19.3 Å². The molecule has 0 saturated carbocycles. The zero-order valence-electron chi connectivity index (χ0n) is 40.4. The van der Waals surface area contributed by atoms with Gasteiger partial charge in [0.15, 0.2) is 6.10 Å². The van der Waals surface area contributed by atoms with Crippen LogP contribution in [0.5, 0.6) is 0 Å². The molecule has 350 valence electrons. The van der Waals surface area contributed by atoms with Crippen LogP contribution in [0.15, 0.2) is 0 Å². The highest BCUT2D eigenvalue weighted by Gasteiger charge is 2.19. The average Bonchev–Trinajstić information content (AvgIpc) is 3.20. The molecule has 0 saturated heterocycles. The van der Waals surface area contributed by atoms with Gasteiger partial charge in [0.25, 0.3) is 0 Å². The molecule has 0 aromatic heterocycles. The summed E-state index contributed by atoms with van der Waals surface area (Å²) in [5.41, 5.74) is 0. The zero-order chi connectivity index (χ0) is 43.3. The van der Waals surface area contributed by atoms with Gasteiger partial charge in [-0.3, -0.25) is 14.4 Å². The summed E-state index contributed by atoms with van der Waals surface area (Å²) >= 11 is 0. The predicted molar refractivity (Wildman–Crippen MR) is 252 cm³/mol. The van der Waals surface area contributed by atoms with Crippen LogP contribution < -0.4 is 0 Å². The summed E-state index contributed by atoms with van der Waals surface area (Å²) in [6, 6.07) is 0. The minimum Gasteiger partial charge on any atom is -0.462 e. The summed E-state index contributed by atoms with van der Waals surface area (Å²) in [7, 11) is 0. The largest absolute Gasteiger partial charge is 0.462 e. The summed E-state index contributed by atoms with van der Waals surface area (Å²) in [6.45, 7) is 11.4. The highest BCUT2D eigenvalue weighted by Crippen LogP contribution is 2.17. The highest BCUT2D eigenvalue weighted by atomic mass is 16.6. The number of rotatable bonds is 47. The van der Waals surface area contributed by atoms with Crippen molar-refractivity contribution in [3.63, 3.8) is 0 Å². The Kier molecular flexibility index (Phi) is 44.7. The van der Waals surface area contributed by atoms with Crippen molar-refractivity contribution >= 4 is 17.9 Å². The van der Waals surface area contributed by atoms with Gasteiger partial charge in [-0.25, -0.2) is 0 Å². The van der Waals surface area contributed by atoms with Gasteiger partial charge in [-0.05, 0) is 31.1 Å². The molecule has 59 heavy (non-hydrogen) atoms. The molecule has 6 heteroatoms. The molecule has 0 heterocycles. The number of unbranched alkanes of at least 4 members (excludes halogenated alkanes) is 32. The normalized spacial score (nSPS) is 12.1. The van der Waals surface area contributed by atoms with Crippen molar-refractivity contribution in [2.45, 2.75) is 298 Å². The fourth-order valence-corrected chi connectivity index (χ4v) is 7.99. The third kappa shape index (κ3) is 47.3. The van der Waals surface area contributed by atoms with Gasteiger partial charge in [-0.2, -0.15) is 0 Å². The Morgan fingerprint density at radius 2 is 0.559 bits per heavy atom. The van der Waals surface area contributed by atoms with Gasteiger partial charge in [0.2, 0.25) is 0 Å². The van der Waals surface area contributed by atoms with Crippen LogP contribution >= 0.6 is 0 Å². The second-order valence-electron chi connectivity index (χ2n) is 19.1. The lowest BCUT2D eigenvalue weighted by molar-refractivity contribution is -0.167. The van der Waals surface area contributed by atoms with Gasteiger partial charge >= 0.3 is 17.9 Å². The van der Waals surface area contributed by atoms with E-state index in [2.05, 4.69) is 34.6 Å². The molecule has 6 nitrogen and oxygen atoms in total. The predicted octanol–water partition coefficient (Wildman–Crippen LogP) is 16.9. The van der Waals surface area contributed by atoms with Crippen molar-refractivity contribution in [1.29, 1.82) is 0 Å². The van der Waals surface area contributed by atoms with E-state index in [-0.39, 0.29) is 31.1 Å². The van der Waals surface area contributed by atoms with E-state index < -0.39 is 6.10 Å². The first-order valence-electron chi connectivity index (χ1n) is 26.2. The lowest BCUT2D eigenvalue weighted by Crippen LogP contribution is -2.30. The lowest BCUT2D eigenvalue weighted by atomic mass is 10.0. The molecule has 0 radical (unpaired) electrons. The van der Waals surface area contributed by atoms with E-state index in [0.717, 1.165) is 69.6 Å². The molecule has 0 amide bonds. The fourth-order valence-electron chi connectivity index (χ4n) is 7.99. The third-order valence-corrected chi connectivity index (χ3v) is 12.0. The average molecular weight is 835 g/mol. The van der Waals surface area contributed by atoms with Crippen LogP contribution in [-0.4, -0.2) is 37.2 Å². The maximum atomic E-state index is 12.8.